The van der Waals surface area contributed by atoms with Crippen molar-refractivity contribution in [3.63, 3.8) is 0 Å². The van der Waals surface area contributed by atoms with Gasteiger partial charge in [0.1, 0.15) is 5.78 Å². The van der Waals surface area contributed by atoms with Crippen LogP contribution < -0.4 is 0 Å². The Labute approximate surface area is 152 Å². The first-order chi connectivity index (χ1) is 12.2. The third kappa shape index (κ3) is 6.19. The van der Waals surface area contributed by atoms with Crippen LogP contribution in [-0.4, -0.2) is 44.4 Å². The van der Waals surface area contributed by atoms with Crippen molar-refractivity contribution in [3.05, 3.63) is 35.9 Å². The molecule has 142 valence electrons. The quantitative estimate of drug-likeness (QED) is 0.412. The maximum absolute atomic E-state index is 13.8. The van der Waals surface area contributed by atoms with Crippen LogP contribution in [0.3, 0.4) is 0 Å². The van der Waals surface area contributed by atoms with Gasteiger partial charge in [-0.05, 0) is 18.4 Å². The number of hydrogen-bond donors (Lipinski definition) is 0. The molecule has 1 aliphatic rings. The summed E-state index contributed by atoms with van der Waals surface area (Å²) in [5.41, 5.74) is 0.987. The Morgan fingerprint density at radius 1 is 1.04 bits per heavy atom. The lowest BCUT2D eigenvalue weighted by Crippen LogP contribution is -2.39. The van der Waals surface area contributed by atoms with Crippen LogP contribution in [0.2, 0.25) is 0 Å². The van der Waals surface area contributed by atoms with Crippen LogP contribution in [0, 0.1) is 0 Å². The number of rotatable bonds is 11. The normalized spacial score (nSPS) is 17.5. The molecule has 1 atom stereocenters. The van der Waals surface area contributed by atoms with Crippen molar-refractivity contribution < 1.29 is 18.3 Å². The summed E-state index contributed by atoms with van der Waals surface area (Å²) in [4.78, 5) is 2.19. The zero-order valence-corrected chi connectivity index (χ0v) is 16.5. The summed E-state index contributed by atoms with van der Waals surface area (Å²) < 4.78 is 31.2. The highest BCUT2D eigenvalue weighted by Crippen LogP contribution is 2.62. The van der Waals surface area contributed by atoms with Crippen LogP contribution in [0.5, 0.6) is 0 Å². The number of benzene rings is 1. The van der Waals surface area contributed by atoms with Crippen LogP contribution in [0.25, 0.3) is 0 Å². The highest BCUT2D eigenvalue weighted by Gasteiger charge is 2.41. The Balaban J connectivity index is 2.27. The summed E-state index contributed by atoms with van der Waals surface area (Å²) in [6, 6.07) is 9.95. The van der Waals surface area contributed by atoms with Crippen LogP contribution in [0.15, 0.2) is 30.3 Å². The van der Waals surface area contributed by atoms with Crippen molar-refractivity contribution in [2.24, 2.45) is 0 Å². The monoisotopic (exact) mass is 369 g/mol. The van der Waals surface area contributed by atoms with Crippen LogP contribution in [0.4, 0.5) is 0 Å². The molecule has 0 saturated carbocycles. The van der Waals surface area contributed by atoms with Gasteiger partial charge >= 0.3 is 7.60 Å². The summed E-state index contributed by atoms with van der Waals surface area (Å²) in [6.45, 7) is 7.89. The van der Waals surface area contributed by atoms with Crippen molar-refractivity contribution in [3.8, 4) is 0 Å². The first kappa shape index (κ1) is 20.6. The zero-order chi connectivity index (χ0) is 18.0. The number of nitrogens with zero attached hydrogens (tertiary/aromatic N) is 1. The van der Waals surface area contributed by atoms with Crippen molar-refractivity contribution in [1.29, 1.82) is 0 Å². The second-order valence-electron chi connectivity index (χ2n) is 6.35. The number of ether oxygens (including phenoxy) is 1. The Kier molecular flexibility index (Phi) is 9.14. The summed E-state index contributed by atoms with van der Waals surface area (Å²) in [6.07, 6.45) is 3.77. The third-order valence-corrected chi connectivity index (χ3v) is 6.64. The van der Waals surface area contributed by atoms with Gasteiger partial charge in [-0.15, -0.1) is 0 Å². The van der Waals surface area contributed by atoms with Crippen molar-refractivity contribution >= 4 is 7.60 Å². The number of morpholine rings is 1. The molecular weight excluding hydrogens is 337 g/mol. The fraction of sp³-hybridized carbons (Fsp3) is 0.684. The van der Waals surface area contributed by atoms with E-state index < -0.39 is 7.60 Å². The topological polar surface area (TPSA) is 48.0 Å². The van der Waals surface area contributed by atoms with Gasteiger partial charge in [-0.1, -0.05) is 57.0 Å². The minimum Gasteiger partial charge on any atom is -0.379 e. The molecule has 1 aromatic carbocycles. The first-order valence-corrected chi connectivity index (χ1v) is 11.1. The molecule has 2 rings (SSSR count). The van der Waals surface area contributed by atoms with Gasteiger partial charge in [-0.2, -0.15) is 0 Å². The molecule has 25 heavy (non-hydrogen) atoms. The summed E-state index contributed by atoms with van der Waals surface area (Å²) in [5.74, 6) is -0.369. The summed E-state index contributed by atoms with van der Waals surface area (Å²) in [7, 11) is -3.31. The Morgan fingerprint density at radius 3 is 2.12 bits per heavy atom. The molecule has 0 aromatic heterocycles. The third-order valence-electron chi connectivity index (χ3n) is 4.33. The average molecular weight is 369 g/mol. The standard InChI is InChI=1S/C19H32NO4P/c1-3-5-14-23-25(21,24-15-6-4-2)19(18-10-8-7-9-11-18)20-12-16-22-17-13-20/h7-11,19H,3-6,12-17H2,1-2H3. The molecule has 1 unspecified atom stereocenters. The smallest absolute Gasteiger partial charge is 0.352 e. The fourth-order valence-corrected chi connectivity index (χ4v) is 5.18. The minimum atomic E-state index is -3.31. The molecule has 0 N–H and O–H groups in total. The molecular formula is C19H32NO4P. The fourth-order valence-electron chi connectivity index (χ4n) is 2.89. The lowest BCUT2D eigenvalue weighted by molar-refractivity contribution is 0.0231. The van der Waals surface area contributed by atoms with Gasteiger partial charge in [0.15, 0.2) is 0 Å². The zero-order valence-electron chi connectivity index (χ0n) is 15.6. The summed E-state index contributed by atoms with van der Waals surface area (Å²) in [5, 5.41) is 0. The van der Waals surface area contributed by atoms with Crippen molar-refractivity contribution in [1.82, 2.24) is 4.90 Å². The van der Waals surface area contributed by atoms with E-state index in [9.17, 15) is 4.57 Å². The van der Waals surface area contributed by atoms with Crippen LogP contribution >= 0.6 is 7.60 Å². The van der Waals surface area contributed by atoms with Crippen LogP contribution in [0.1, 0.15) is 50.9 Å². The van der Waals surface area contributed by atoms with Crippen molar-refractivity contribution in [2.45, 2.75) is 45.3 Å². The molecule has 1 fully saturated rings. The molecule has 1 heterocycles. The molecule has 0 bridgehead atoms. The number of hydrogen-bond acceptors (Lipinski definition) is 5. The van der Waals surface area contributed by atoms with E-state index >= 15 is 0 Å². The van der Waals surface area contributed by atoms with Gasteiger partial charge in [-0.25, -0.2) is 0 Å². The molecule has 6 heteroatoms. The molecule has 0 amide bonds. The Morgan fingerprint density at radius 2 is 1.60 bits per heavy atom. The second-order valence-corrected chi connectivity index (χ2v) is 8.43. The predicted molar refractivity (Wildman–Crippen MR) is 101 cm³/mol. The Hall–Kier alpha value is -0.710. The molecule has 0 radical (unpaired) electrons. The van der Waals surface area contributed by atoms with Gasteiger partial charge in [-0.3, -0.25) is 9.46 Å². The predicted octanol–water partition coefficient (Wildman–Crippen LogP) is 4.84. The Bertz CT molecular complexity index is 505. The first-order valence-electron chi connectivity index (χ1n) is 9.46. The SMILES string of the molecule is CCCCOP(=O)(OCCCC)C(c1ccccc1)N1CCOCC1. The van der Waals surface area contributed by atoms with Gasteiger partial charge in [0, 0.05) is 13.1 Å². The average Bonchev–Trinajstić information content (AvgIpc) is 2.64. The van der Waals surface area contributed by atoms with E-state index in [4.69, 9.17) is 13.8 Å². The second kappa shape index (κ2) is 11.1. The molecule has 1 saturated heterocycles. The van der Waals surface area contributed by atoms with E-state index in [0.717, 1.165) is 44.3 Å². The highest BCUT2D eigenvalue weighted by atomic mass is 31.2. The minimum absolute atomic E-state index is 0.369. The van der Waals surface area contributed by atoms with Gasteiger partial charge in [0.05, 0.1) is 26.4 Å². The molecule has 1 aliphatic heterocycles. The molecule has 0 spiro atoms. The van der Waals surface area contributed by atoms with E-state index in [0.29, 0.717) is 26.4 Å². The van der Waals surface area contributed by atoms with Crippen molar-refractivity contribution in [2.75, 3.05) is 39.5 Å². The summed E-state index contributed by atoms with van der Waals surface area (Å²) >= 11 is 0. The van der Waals surface area contributed by atoms with E-state index in [1.54, 1.807) is 0 Å². The number of unbranched alkanes of at least 4 members (excludes halogenated alkanes) is 2. The highest BCUT2D eigenvalue weighted by molar-refractivity contribution is 7.54. The van der Waals surface area contributed by atoms with E-state index in [2.05, 4.69) is 18.7 Å². The molecule has 1 aromatic rings. The molecule has 5 nitrogen and oxygen atoms in total. The van der Waals surface area contributed by atoms with E-state index in [-0.39, 0.29) is 5.78 Å². The molecule has 0 aliphatic carbocycles. The maximum atomic E-state index is 13.8. The van der Waals surface area contributed by atoms with E-state index in [1.165, 1.54) is 0 Å². The van der Waals surface area contributed by atoms with Gasteiger partial charge in [0.25, 0.3) is 0 Å². The van der Waals surface area contributed by atoms with Gasteiger partial charge in [0.2, 0.25) is 0 Å². The van der Waals surface area contributed by atoms with Crippen LogP contribution in [-0.2, 0) is 18.3 Å². The van der Waals surface area contributed by atoms with Gasteiger partial charge < -0.3 is 13.8 Å². The largest absolute Gasteiger partial charge is 0.379 e. The lowest BCUT2D eigenvalue weighted by Gasteiger charge is -2.38. The van der Waals surface area contributed by atoms with E-state index in [1.807, 2.05) is 30.3 Å². The maximum Gasteiger partial charge on any atom is 0.352 e. The lowest BCUT2D eigenvalue weighted by atomic mass is 10.2.